The number of rotatable bonds is 4. The number of aromatic hydroxyl groups is 1. The van der Waals surface area contributed by atoms with Crippen molar-refractivity contribution in [3.63, 3.8) is 0 Å². The molecule has 1 aromatic carbocycles. The van der Waals surface area contributed by atoms with E-state index >= 15 is 0 Å². The van der Waals surface area contributed by atoms with E-state index in [2.05, 4.69) is 0 Å². The fraction of sp³-hybridized carbons (Fsp3) is 0.364. The monoisotopic (exact) mass is 210 g/mol. The summed E-state index contributed by atoms with van der Waals surface area (Å²) in [5.41, 5.74) is 0.0515. The molecule has 15 heavy (non-hydrogen) atoms. The van der Waals surface area contributed by atoms with Crippen molar-refractivity contribution >= 4 is 5.78 Å². The predicted molar refractivity (Wildman–Crippen MR) is 51.4 cm³/mol. The van der Waals surface area contributed by atoms with Gasteiger partial charge >= 0.3 is 0 Å². The number of hydrogen-bond donors (Lipinski definition) is 1. The lowest BCUT2D eigenvalue weighted by atomic mass is 10.0. The Kier molecular flexibility index (Phi) is 2.68. The maximum absolute atomic E-state index is 12.8. The number of carbonyl (C=O) groups excluding carboxylic acids is 1. The molecule has 1 N–H and O–H groups in total. The van der Waals surface area contributed by atoms with Crippen molar-refractivity contribution in [2.24, 2.45) is 0 Å². The molecule has 0 unspecified atom stereocenters. The highest BCUT2D eigenvalue weighted by molar-refractivity contribution is 5.98. The van der Waals surface area contributed by atoms with Gasteiger partial charge in [-0.3, -0.25) is 4.79 Å². The Hall–Kier alpha value is -1.42. The first-order valence-electron chi connectivity index (χ1n) is 4.80. The normalized spacial score (nSPS) is 18.9. The van der Waals surface area contributed by atoms with E-state index in [4.69, 9.17) is 4.74 Å². The van der Waals surface area contributed by atoms with E-state index in [1.165, 1.54) is 6.07 Å². The molecule has 1 saturated heterocycles. The number of epoxide rings is 1. The quantitative estimate of drug-likeness (QED) is 0.609. The summed E-state index contributed by atoms with van der Waals surface area (Å²) in [5, 5.41) is 9.37. The van der Waals surface area contributed by atoms with Crippen molar-refractivity contribution in [2.45, 2.75) is 18.9 Å². The summed E-state index contributed by atoms with van der Waals surface area (Å²) in [7, 11) is 0. The van der Waals surface area contributed by atoms with Crippen LogP contribution in [0.4, 0.5) is 4.39 Å². The predicted octanol–water partition coefficient (Wildman–Crippen LogP) is 1.89. The fourth-order valence-corrected chi connectivity index (χ4v) is 1.39. The Bertz CT molecular complexity index is 385. The van der Waals surface area contributed by atoms with Crippen LogP contribution in [0, 0.1) is 5.82 Å². The van der Waals surface area contributed by atoms with Crippen molar-refractivity contribution in [2.75, 3.05) is 6.61 Å². The van der Waals surface area contributed by atoms with E-state index < -0.39 is 5.82 Å². The number of ketones is 1. The van der Waals surface area contributed by atoms with Crippen LogP contribution in [-0.2, 0) is 4.74 Å². The zero-order valence-electron chi connectivity index (χ0n) is 8.07. The number of phenolic OH excluding ortho intramolecular Hbond substituents is 1. The summed E-state index contributed by atoms with van der Waals surface area (Å²) in [6, 6.07) is 3.37. The van der Waals surface area contributed by atoms with Gasteiger partial charge in [0.05, 0.1) is 18.3 Å². The van der Waals surface area contributed by atoms with Gasteiger partial charge in [-0.1, -0.05) is 0 Å². The maximum Gasteiger partial charge on any atom is 0.166 e. The highest BCUT2D eigenvalue weighted by Crippen LogP contribution is 2.22. The van der Waals surface area contributed by atoms with E-state index in [0.29, 0.717) is 13.0 Å². The number of benzene rings is 1. The van der Waals surface area contributed by atoms with Gasteiger partial charge in [0.2, 0.25) is 0 Å². The molecule has 1 fully saturated rings. The molecule has 1 atom stereocenters. The van der Waals surface area contributed by atoms with Gasteiger partial charge in [0, 0.05) is 6.42 Å². The maximum atomic E-state index is 12.8. The standard InChI is InChI=1S/C11H11FO3/c12-7-1-3-10(13)9(5-7)11(14)4-2-8-6-15-8/h1,3,5,8,13H,2,4,6H2/t8-/m0/s1. The van der Waals surface area contributed by atoms with Gasteiger partial charge in [-0.15, -0.1) is 0 Å². The van der Waals surface area contributed by atoms with Gasteiger partial charge in [0.1, 0.15) is 11.6 Å². The molecule has 0 bridgehead atoms. The second-order valence-corrected chi connectivity index (χ2v) is 3.58. The number of carbonyl (C=O) groups is 1. The zero-order valence-corrected chi connectivity index (χ0v) is 8.07. The van der Waals surface area contributed by atoms with Crippen molar-refractivity contribution in [1.29, 1.82) is 0 Å². The number of phenols is 1. The van der Waals surface area contributed by atoms with E-state index in [1.54, 1.807) is 0 Å². The third-order valence-corrected chi connectivity index (χ3v) is 2.35. The van der Waals surface area contributed by atoms with Crippen LogP contribution in [-0.4, -0.2) is 23.6 Å². The lowest BCUT2D eigenvalue weighted by Crippen LogP contribution is -2.02. The first-order valence-corrected chi connectivity index (χ1v) is 4.80. The van der Waals surface area contributed by atoms with Crippen molar-refractivity contribution in [3.05, 3.63) is 29.6 Å². The Morgan fingerprint density at radius 1 is 1.60 bits per heavy atom. The minimum atomic E-state index is -0.515. The van der Waals surface area contributed by atoms with Gasteiger partial charge in [-0.25, -0.2) is 4.39 Å². The molecule has 80 valence electrons. The molecular weight excluding hydrogens is 199 g/mol. The summed E-state index contributed by atoms with van der Waals surface area (Å²) in [4.78, 5) is 11.6. The molecule has 0 spiro atoms. The van der Waals surface area contributed by atoms with E-state index in [0.717, 1.165) is 12.1 Å². The van der Waals surface area contributed by atoms with Crippen LogP contribution < -0.4 is 0 Å². The first-order chi connectivity index (χ1) is 7.16. The van der Waals surface area contributed by atoms with Gasteiger partial charge in [-0.05, 0) is 24.6 Å². The molecule has 3 nitrogen and oxygen atoms in total. The fourth-order valence-electron chi connectivity index (χ4n) is 1.39. The Morgan fingerprint density at radius 3 is 3.00 bits per heavy atom. The second-order valence-electron chi connectivity index (χ2n) is 3.58. The first kappa shape index (κ1) is 10.1. The lowest BCUT2D eigenvalue weighted by molar-refractivity contribution is 0.0973. The van der Waals surface area contributed by atoms with Crippen LogP contribution >= 0.6 is 0 Å². The Morgan fingerprint density at radius 2 is 2.33 bits per heavy atom. The van der Waals surface area contributed by atoms with Crippen LogP contribution in [0.1, 0.15) is 23.2 Å². The minimum absolute atomic E-state index is 0.0515. The van der Waals surface area contributed by atoms with Gasteiger partial charge in [0.25, 0.3) is 0 Å². The molecule has 1 aromatic rings. The molecule has 0 radical (unpaired) electrons. The summed E-state index contributed by atoms with van der Waals surface area (Å²) in [6.07, 6.45) is 1.08. The number of halogens is 1. The highest BCUT2D eigenvalue weighted by atomic mass is 19.1. The average molecular weight is 210 g/mol. The van der Waals surface area contributed by atoms with Crippen LogP contribution in [0.2, 0.25) is 0 Å². The Balaban J connectivity index is 2.05. The highest BCUT2D eigenvalue weighted by Gasteiger charge is 2.24. The summed E-state index contributed by atoms with van der Waals surface area (Å²) in [6.45, 7) is 0.697. The SMILES string of the molecule is O=C(CC[C@H]1CO1)c1cc(F)ccc1O. The van der Waals surface area contributed by atoms with Crippen LogP contribution in [0.3, 0.4) is 0 Å². The molecule has 4 heteroatoms. The molecule has 0 aliphatic carbocycles. The van der Waals surface area contributed by atoms with Crippen LogP contribution in [0.25, 0.3) is 0 Å². The van der Waals surface area contributed by atoms with E-state index in [9.17, 15) is 14.3 Å². The molecule has 0 amide bonds. The number of hydrogen-bond acceptors (Lipinski definition) is 3. The molecule has 1 aliphatic rings. The summed E-state index contributed by atoms with van der Waals surface area (Å²) >= 11 is 0. The topological polar surface area (TPSA) is 49.8 Å². The molecule has 1 heterocycles. The van der Waals surface area contributed by atoms with Crippen molar-refractivity contribution < 1.29 is 19.0 Å². The van der Waals surface area contributed by atoms with Gasteiger partial charge in [-0.2, -0.15) is 0 Å². The van der Waals surface area contributed by atoms with Crippen molar-refractivity contribution in [1.82, 2.24) is 0 Å². The largest absolute Gasteiger partial charge is 0.507 e. The van der Waals surface area contributed by atoms with Gasteiger partial charge in [0.15, 0.2) is 5.78 Å². The third-order valence-electron chi connectivity index (χ3n) is 2.35. The number of ether oxygens (including phenoxy) is 1. The average Bonchev–Trinajstić information content (AvgIpc) is 3.02. The molecule has 2 rings (SSSR count). The smallest absolute Gasteiger partial charge is 0.166 e. The Labute approximate surface area is 86.5 Å². The van der Waals surface area contributed by atoms with Crippen molar-refractivity contribution in [3.8, 4) is 5.75 Å². The minimum Gasteiger partial charge on any atom is -0.507 e. The molecule has 0 saturated carbocycles. The summed E-state index contributed by atoms with van der Waals surface area (Å²) in [5.74, 6) is -0.931. The lowest BCUT2D eigenvalue weighted by Gasteiger charge is -2.02. The van der Waals surface area contributed by atoms with Crippen LogP contribution in [0.15, 0.2) is 18.2 Å². The zero-order chi connectivity index (χ0) is 10.8. The molecular formula is C11H11FO3. The van der Waals surface area contributed by atoms with E-state index in [-0.39, 0.29) is 29.6 Å². The molecule has 1 aliphatic heterocycles. The van der Waals surface area contributed by atoms with Gasteiger partial charge < -0.3 is 9.84 Å². The van der Waals surface area contributed by atoms with E-state index in [1.807, 2.05) is 0 Å². The molecule has 0 aromatic heterocycles. The number of Topliss-reactive ketones (excluding diaryl/α,β-unsaturated/α-hetero) is 1. The third kappa shape index (κ3) is 2.53. The summed E-state index contributed by atoms with van der Waals surface area (Å²) < 4.78 is 17.8. The second kappa shape index (κ2) is 3.98. The van der Waals surface area contributed by atoms with Crippen LogP contribution in [0.5, 0.6) is 5.75 Å².